The van der Waals surface area contributed by atoms with E-state index >= 15 is 0 Å². The first-order valence-corrected chi connectivity index (χ1v) is 14.6. The fourth-order valence-electron chi connectivity index (χ4n) is 5.09. The summed E-state index contributed by atoms with van der Waals surface area (Å²) >= 11 is 6.20. The van der Waals surface area contributed by atoms with Crippen LogP contribution in [0.4, 0.5) is 11.4 Å². The smallest absolute Gasteiger partial charge is 0.297 e. The molecule has 2 aliphatic rings. The van der Waals surface area contributed by atoms with Crippen molar-refractivity contribution in [2.75, 3.05) is 69.2 Å². The number of aryl methyl sites for hydroxylation is 2. The van der Waals surface area contributed by atoms with Gasteiger partial charge in [0.15, 0.2) is 0 Å². The molecule has 2 saturated heterocycles. The van der Waals surface area contributed by atoms with Crippen LogP contribution in [0.15, 0.2) is 58.4 Å². The molecule has 0 aliphatic carbocycles. The third kappa shape index (κ3) is 5.05. The highest BCUT2D eigenvalue weighted by Crippen LogP contribution is 2.30. The fourth-order valence-corrected chi connectivity index (χ4v) is 7.02. The van der Waals surface area contributed by atoms with Crippen LogP contribution >= 0.6 is 11.6 Å². The van der Waals surface area contributed by atoms with Crippen LogP contribution in [0.1, 0.15) is 11.1 Å². The number of halogens is 1. The normalized spacial score (nSPS) is 17.7. The molecule has 2 aromatic carbocycles. The first-order valence-electron chi connectivity index (χ1n) is 12.8. The molecule has 1 aromatic heterocycles. The third-order valence-corrected chi connectivity index (χ3v) is 9.85. The number of sulfonamides is 1. The number of rotatable bonds is 5. The number of para-hydroxylation sites is 1. The van der Waals surface area contributed by atoms with Crippen molar-refractivity contribution in [3.05, 3.63) is 75.2 Å². The SMILES string of the molecule is Cc1cc(S(=O)(=O)N2CCN(c3cnn(-c4ccccc4)c(=O)c3N3CCN(C)CC3)CC2)c(C)cc1Cl. The molecule has 11 heteroatoms. The molecule has 9 nitrogen and oxygen atoms in total. The highest BCUT2D eigenvalue weighted by atomic mass is 35.5. The Labute approximate surface area is 228 Å². The van der Waals surface area contributed by atoms with Gasteiger partial charge in [0, 0.05) is 57.4 Å². The summed E-state index contributed by atoms with van der Waals surface area (Å²) in [6.45, 7) is 8.32. The molecular formula is C27H33ClN6O3S. The van der Waals surface area contributed by atoms with Gasteiger partial charge in [0.05, 0.1) is 22.5 Å². The highest BCUT2D eigenvalue weighted by molar-refractivity contribution is 7.89. The Hall–Kier alpha value is -2.92. The zero-order chi connectivity index (χ0) is 27.0. The van der Waals surface area contributed by atoms with Crippen LogP contribution in [0.25, 0.3) is 5.69 Å². The summed E-state index contributed by atoms with van der Waals surface area (Å²) < 4.78 is 30.0. The van der Waals surface area contributed by atoms with Crippen molar-refractivity contribution >= 4 is 33.0 Å². The standard InChI is InChI=1S/C27H33ClN6O3S/c1-20-18-25(21(2)17-23(20)28)38(36,37)33-15-13-31(14-16-33)24-19-29-34(22-7-5-4-6-8-22)27(35)26(24)32-11-9-30(3)10-12-32/h4-8,17-19H,9-16H2,1-3H3. The monoisotopic (exact) mass is 556 g/mol. The molecule has 2 aliphatic heterocycles. The zero-order valence-electron chi connectivity index (χ0n) is 22.0. The lowest BCUT2D eigenvalue weighted by Gasteiger charge is -2.39. The Morgan fingerprint density at radius 3 is 2.13 bits per heavy atom. The van der Waals surface area contributed by atoms with E-state index in [9.17, 15) is 13.2 Å². The minimum absolute atomic E-state index is 0.166. The Morgan fingerprint density at radius 2 is 1.47 bits per heavy atom. The number of benzene rings is 2. The summed E-state index contributed by atoms with van der Waals surface area (Å²) in [7, 11) is -1.59. The maximum absolute atomic E-state index is 13.8. The Bertz CT molecular complexity index is 1480. The van der Waals surface area contributed by atoms with Crippen molar-refractivity contribution in [3.8, 4) is 5.69 Å². The first kappa shape index (κ1) is 26.7. The van der Waals surface area contributed by atoms with Crippen LogP contribution in [-0.2, 0) is 10.0 Å². The number of hydrogen-bond acceptors (Lipinski definition) is 7. The molecule has 0 spiro atoms. The summed E-state index contributed by atoms with van der Waals surface area (Å²) in [5.41, 5.74) is 3.29. The number of anilines is 2. The molecule has 38 heavy (non-hydrogen) atoms. The topological polar surface area (TPSA) is 82.0 Å². The van der Waals surface area contributed by atoms with Gasteiger partial charge in [-0.3, -0.25) is 4.79 Å². The van der Waals surface area contributed by atoms with Crippen molar-refractivity contribution in [1.29, 1.82) is 0 Å². The van der Waals surface area contributed by atoms with Crippen LogP contribution in [0.5, 0.6) is 0 Å². The van der Waals surface area contributed by atoms with Crippen LogP contribution in [-0.4, -0.2) is 86.8 Å². The van der Waals surface area contributed by atoms with E-state index in [0.717, 1.165) is 37.4 Å². The molecule has 0 atom stereocenters. The summed E-state index contributed by atoms with van der Waals surface area (Å²) in [4.78, 5) is 20.6. The molecule has 3 heterocycles. The van der Waals surface area contributed by atoms with Crippen molar-refractivity contribution < 1.29 is 8.42 Å². The average molecular weight is 557 g/mol. The maximum atomic E-state index is 13.8. The van der Waals surface area contributed by atoms with E-state index in [1.165, 1.54) is 8.99 Å². The second kappa shape index (κ2) is 10.7. The van der Waals surface area contributed by atoms with Crippen molar-refractivity contribution in [1.82, 2.24) is 19.0 Å². The zero-order valence-corrected chi connectivity index (χ0v) is 23.5. The highest BCUT2D eigenvalue weighted by Gasteiger charge is 2.32. The van der Waals surface area contributed by atoms with Crippen LogP contribution in [0.3, 0.4) is 0 Å². The van der Waals surface area contributed by atoms with Gasteiger partial charge in [-0.15, -0.1) is 0 Å². The van der Waals surface area contributed by atoms with E-state index < -0.39 is 10.0 Å². The van der Waals surface area contributed by atoms with Crippen molar-refractivity contribution in [2.24, 2.45) is 0 Å². The summed E-state index contributed by atoms with van der Waals surface area (Å²) in [6, 6.07) is 12.8. The fraction of sp³-hybridized carbons (Fsp3) is 0.407. The van der Waals surface area contributed by atoms with Gasteiger partial charge >= 0.3 is 0 Å². The predicted molar refractivity (Wildman–Crippen MR) is 151 cm³/mol. The molecule has 5 rings (SSSR count). The second-order valence-corrected chi connectivity index (χ2v) is 12.3. The van der Waals surface area contributed by atoms with Gasteiger partial charge in [0.2, 0.25) is 10.0 Å². The second-order valence-electron chi connectivity index (χ2n) is 9.98. The van der Waals surface area contributed by atoms with Gasteiger partial charge in [0.25, 0.3) is 5.56 Å². The van der Waals surface area contributed by atoms with E-state index in [1.54, 1.807) is 25.3 Å². The lowest BCUT2D eigenvalue weighted by atomic mass is 10.2. The molecule has 0 radical (unpaired) electrons. The molecule has 2 fully saturated rings. The molecule has 0 bridgehead atoms. The van der Waals surface area contributed by atoms with Gasteiger partial charge in [-0.05, 0) is 56.3 Å². The first-order chi connectivity index (χ1) is 18.2. The minimum Gasteiger partial charge on any atom is -0.366 e. The molecule has 202 valence electrons. The molecular weight excluding hydrogens is 524 g/mol. The molecule has 0 saturated carbocycles. The van der Waals surface area contributed by atoms with Gasteiger partial charge < -0.3 is 14.7 Å². The van der Waals surface area contributed by atoms with Gasteiger partial charge in [-0.25, -0.2) is 8.42 Å². The van der Waals surface area contributed by atoms with E-state index in [4.69, 9.17) is 11.6 Å². The van der Waals surface area contributed by atoms with E-state index in [-0.39, 0.29) is 10.5 Å². The summed E-state index contributed by atoms with van der Waals surface area (Å²) in [5, 5.41) is 5.08. The van der Waals surface area contributed by atoms with Crippen LogP contribution < -0.4 is 15.4 Å². The molecule has 0 N–H and O–H groups in total. The number of aromatic nitrogens is 2. The van der Waals surface area contributed by atoms with E-state index in [0.29, 0.717) is 48.1 Å². The van der Waals surface area contributed by atoms with Gasteiger partial charge in [-0.2, -0.15) is 14.1 Å². The lowest BCUT2D eigenvalue weighted by molar-refractivity contribution is 0.312. The van der Waals surface area contributed by atoms with Crippen LogP contribution in [0, 0.1) is 13.8 Å². The Morgan fingerprint density at radius 1 is 0.842 bits per heavy atom. The van der Waals surface area contributed by atoms with Crippen LogP contribution in [0.2, 0.25) is 5.02 Å². The Balaban J connectivity index is 1.44. The molecule has 0 amide bonds. The Kier molecular flexibility index (Phi) is 7.50. The quantitative estimate of drug-likeness (QED) is 0.478. The largest absolute Gasteiger partial charge is 0.366 e. The van der Waals surface area contributed by atoms with E-state index in [2.05, 4.69) is 26.8 Å². The van der Waals surface area contributed by atoms with Gasteiger partial charge in [-0.1, -0.05) is 29.8 Å². The summed E-state index contributed by atoms with van der Waals surface area (Å²) in [5.74, 6) is 0. The predicted octanol–water partition coefficient (Wildman–Crippen LogP) is 2.77. The number of piperazine rings is 2. The molecule has 3 aromatic rings. The molecule has 0 unspecified atom stereocenters. The van der Waals surface area contributed by atoms with Crippen molar-refractivity contribution in [3.63, 3.8) is 0 Å². The van der Waals surface area contributed by atoms with Gasteiger partial charge in [0.1, 0.15) is 5.69 Å². The number of likely N-dealkylation sites (N-methyl/N-ethyl adjacent to an activating group) is 1. The maximum Gasteiger partial charge on any atom is 0.297 e. The average Bonchev–Trinajstić information content (AvgIpc) is 2.91. The third-order valence-electron chi connectivity index (χ3n) is 7.41. The number of hydrogen-bond donors (Lipinski definition) is 0. The lowest BCUT2D eigenvalue weighted by Crippen LogP contribution is -2.51. The number of nitrogens with zero attached hydrogens (tertiary/aromatic N) is 6. The summed E-state index contributed by atoms with van der Waals surface area (Å²) in [6.07, 6.45) is 1.75. The van der Waals surface area contributed by atoms with Crippen molar-refractivity contribution in [2.45, 2.75) is 18.7 Å². The minimum atomic E-state index is -3.67. The van der Waals surface area contributed by atoms with E-state index in [1.807, 2.05) is 37.3 Å².